The van der Waals surface area contributed by atoms with Gasteiger partial charge in [-0.15, -0.1) is 0 Å². The maximum absolute atomic E-state index is 12.6. The summed E-state index contributed by atoms with van der Waals surface area (Å²) in [6, 6.07) is 7.55. The van der Waals surface area contributed by atoms with Crippen molar-refractivity contribution in [2.45, 2.75) is 43.6 Å². The van der Waals surface area contributed by atoms with Gasteiger partial charge < -0.3 is 15.2 Å². The molecular formula is C16H19NO4. The Hall–Kier alpha value is -2.04. The molecule has 2 N–H and O–H groups in total. The summed E-state index contributed by atoms with van der Waals surface area (Å²) in [6.45, 7) is 0.515. The van der Waals surface area contributed by atoms with Crippen LogP contribution in [0, 0.1) is 0 Å². The number of nitrogens with one attached hydrogen (secondary N) is 1. The number of amides is 1. The summed E-state index contributed by atoms with van der Waals surface area (Å²) < 4.78 is 5.56. The number of carbonyl (C=O) groups excluding carboxylic acids is 1. The van der Waals surface area contributed by atoms with Gasteiger partial charge in [-0.2, -0.15) is 0 Å². The largest absolute Gasteiger partial charge is 0.493 e. The highest BCUT2D eigenvalue weighted by Gasteiger charge is 2.42. The van der Waals surface area contributed by atoms with Crippen LogP contribution in [-0.2, 0) is 9.59 Å². The fourth-order valence-electron chi connectivity index (χ4n) is 3.20. The van der Waals surface area contributed by atoms with E-state index >= 15 is 0 Å². The highest BCUT2D eigenvalue weighted by molar-refractivity contribution is 5.86. The molecule has 3 rings (SSSR count). The third-order valence-corrected chi connectivity index (χ3v) is 4.46. The summed E-state index contributed by atoms with van der Waals surface area (Å²) in [5, 5.41) is 12.0. The van der Waals surface area contributed by atoms with Crippen molar-refractivity contribution in [3.05, 3.63) is 29.8 Å². The van der Waals surface area contributed by atoms with Crippen LogP contribution in [0.25, 0.3) is 0 Å². The number of hydrogen-bond acceptors (Lipinski definition) is 3. The molecule has 0 aromatic heterocycles. The number of benzene rings is 1. The van der Waals surface area contributed by atoms with E-state index in [-0.39, 0.29) is 18.2 Å². The SMILES string of the molecule is O=C(O)CC1(NC(=O)C2CCOc3ccccc32)CCC1. The van der Waals surface area contributed by atoms with Gasteiger partial charge in [0.15, 0.2) is 0 Å². The summed E-state index contributed by atoms with van der Waals surface area (Å²) in [5.74, 6) is -0.430. The third kappa shape index (κ3) is 2.73. The standard InChI is InChI=1S/C16H19NO4/c18-14(19)10-16(7-3-8-16)17-15(20)12-6-9-21-13-5-2-1-4-11(12)13/h1-2,4-5,12H,3,6-10H2,(H,17,20)(H,18,19). The molecule has 112 valence electrons. The Balaban J connectivity index is 1.76. The summed E-state index contributed by atoms with van der Waals surface area (Å²) in [5.41, 5.74) is 0.349. The first-order valence-corrected chi connectivity index (χ1v) is 7.35. The van der Waals surface area contributed by atoms with Crippen molar-refractivity contribution in [3.63, 3.8) is 0 Å². The van der Waals surface area contributed by atoms with Crippen molar-refractivity contribution < 1.29 is 19.4 Å². The Morgan fingerprint density at radius 3 is 2.76 bits per heavy atom. The number of carbonyl (C=O) groups is 2. The van der Waals surface area contributed by atoms with Crippen LogP contribution < -0.4 is 10.1 Å². The summed E-state index contributed by atoms with van der Waals surface area (Å²) in [7, 11) is 0. The van der Waals surface area contributed by atoms with Crippen molar-refractivity contribution in [3.8, 4) is 5.75 Å². The van der Waals surface area contributed by atoms with Crippen LogP contribution in [0.4, 0.5) is 0 Å². The number of carboxylic acids is 1. The van der Waals surface area contributed by atoms with Crippen molar-refractivity contribution in [1.29, 1.82) is 0 Å². The second kappa shape index (κ2) is 5.39. The molecule has 1 aromatic rings. The number of aliphatic carboxylic acids is 1. The van der Waals surface area contributed by atoms with Gasteiger partial charge in [-0.05, 0) is 31.7 Å². The van der Waals surface area contributed by atoms with Gasteiger partial charge in [0.25, 0.3) is 0 Å². The number of hydrogen-bond donors (Lipinski definition) is 2. The number of fused-ring (bicyclic) bond motifs is 1. The van der Waals surface area contributed by atoms with Crippen LogP contribution in [0.3, 0.4) is 0 Å². The molecule has 5 heteroatoms. The van der Waals surface area contributed by atoms with E-state index in [1.807, 2.05) is 24.3 Å². The molecule has 2 aliphatic rings. The molecule has 1 heterocycles. The van der Waals surface area contributed by atoms with Crippen LogP contribution in [0.1, 0.15) is 43.6 Å². The first kappa shape index (κ1) is 13.9. The van der Waals surface area contributed by atoms with E-state index in [0.717, 1.165) is 30.6 Å². The Labute approximate surface area is 123 Å². The predicted octanol–water partition coefficient (Wildman–Crippen LogP) is 2.07. The Bertz CT molecular complexity index is 565. The molecule has 1 saturated carbocycles. The lowest BCUT2D eigenvalue weighted by atomic mass is 9.73. The molecule has 1 fully saturated rings. The molecule has 0 spiro atoms. The molecule has 21 heavy (non-hydrogen) atoms. The average molecular weight is 289 g/mol. The molecule has 1 amide bonds. The van der Waals surface area contributed by atoms with Gasteiger partial charge in [0.05, 0.1) is 24.5 Å². The van der Waals surface area contributed by atoms with E-state index in [4.69, 9.17) is 9.84 Å². The normalized spacial score (nSPS) is 22.4. The van der Waals surface area contributed by atoms with Gasteiger partial charge in [0, 0.05) is 5.56 Å². The van der Waals surface area contributed by atoms with E-state index in [1.54, 1.807) is 0 Å². The van der Waals surface area contributed by atoms with Gasteiger partial charge >= 0.3 is 5.97 Å². The quantitative estimate of drug-likeness (QED) is 0.889. The van der Waals surface area contributed by atoms with Gasteiger partial charge in [-0.25, -0.2) is 0 Å². The molecule has 0 radical (unpaired) electrons. The summed E-state index contributed by atoms with van der Waals surface area (Å²) in [4.78, 5) is 23.6. The maximum atomic E-state index is 12.6. The van der Waals surface area contributed by atoms with E-state index in [9.17, 15) is 9.59 Å². The molecule has 1 aromatic carbocycles. The second-order valence-corrected chi connectivity index (χ2v) is 5.92. The first-order chi connectivity index (χ1) is 10.1. The van der Waals surface area contributed by atoms with E-state index in [2.05, 4.69) is 5.32 Å². The van der Waals surface area contributed by atoms with Gasteiger partial charge in [-0.1, -0.05) is 18.2 Å². The van der Waals surface area contributed by atoms with Gasteiger partial charge in [0.1, 0.15) is 5.75 Å². The second-order valence-electron chi connectivity index (χ2n) is 5.92. The van der Waals surface area contributed by atoms with Crippen LogP contribution in [0.2, 0.25) is 0 Å². The lowest BCUT2D eigenvalue weighted by molar-refractivity contribution is -0.140. The minimum Gasteiger partial charge on any atom is -0.493 e. The van der Waals surface area contributed by atoms with Gasteiger partial charge in [0.2, 0.25) is 5.91 Å². The zero-order valence-corrected chi connectivity index (χ0v) is 11.8. The van der Waals surface area contributed by atoms with E-state index in [0.29, 0.717) is 13.0 Å². The smallest absolute Gasteiger partial charge is 0.305 e. The molecule has 1 aliphatic heterocycles. The van der Waals surface area contributed by atoms with Crippen molar-refractivity contribution in [2.75, 3.05) is 6.61 Å². The number of rotatable bonds is 4. The average Bonchev–Trinajstić information content (AvgIpc) is 2.43. The van der Waals surface area contributed by atoms with Crippen molar-refractivity contribution >= 4 is 11.9 Å². The van der Waals surface area contributed by atoms with E-state index < -0.39 is 11.5 Å². The highest BCUT2D eigenvalue weighted by Crippen LogP contribution is 2.38. The molecular weight excluding hydrogens is 270 g/mol. The molecule has 5 nitrogen and oxygen atoms in total. The number of carboxylic acid groups (broad SMARTS) is 1. The Kier molecular flexibility index (Phi) is 3.57. The van der Waals surface area contributed by atoms with Crippen LogP contribution in [0.5, 0.6) is 5.75 Å². The molecule has 1 unspecified atom stereocenters. The number of ether oxygens (including phenoxy) is 1. The fraction of sp³-hybridized carbons (Fsp3) is 0.500. The van der Waals surface area contributed by atoms with Crippen LogP contribution in [0.15, 0.2) is 24.3 Å². The Morgan fingerprint density at radius 1 is 1.33 bits per heavy atom. The first-order valence-electron chi connectivity index (χ1n) is 7.35. The minimum atomic E-state index is -0.859. The minimum absolute atomic E-state index is 0.00358. The fourth-order valence-corrected chi connectivity index (χ4v) is 3.20. The molecule has 1 aliphatic carbocycles. The summed E-state index contributed by atoms with van der Waals surface area (Å²) >= 11 is 0. The third-order valence-electron chi connectivity index (χ3n) is 4.46. The maximum Gasteiger partial charge on any atom is 0.305 e. The molecule has 0 bridgehead atoms. The van der Waals surface area contributed by atoms with E-state index in [1.165, 1.54) is 0 Å². The topological polar surface area (TPSA) is 75.6 Å². The number of para-hydroxylation sites is 1. The lowest BCUT2D eigenvalue weighted by Gasteiger charge is -2.42. The predicted molar refractivity (Wildman–Crippen MR) is 76.3 cm³/mol. The highest BCUT2D eigenvalue weighted by atomic mass is 16.5. The summed E-state index contributed by atoms with van der Waals surface area (Å²) in [6.07, 6.45) is 3.10. The lowest BCUT2D eigenvalue weighted by Crippen LogP contribution is -2.56. The Morgan fingerprint density at radius 2 is 2.10 bits per heavy atom. The monoisotopic (exact) mass is 289 g/mol. The molecule has 0 saturated heterocycles. The zero-order valence-electron chi connectivity index (χ0n) is 11.8. The zero-order chi connectivity index (χ0) is 14.9. The van der Waals surface area contributed by atoms with Crippen LogP contribution in [-0.4, -0.2) is 29.1 Å². The molecule has 1 atom stereocenters. The van der Waals surface area contributed by atoms with Crippen molar-refractivity contribution in [1.82, 2.24) is 5.32 Å². The van der Waals surface area contributed by atoms with Crippen LogP contribution >= 0.6 is 0 Å². The van der Waals surface area contributed by atoms with Crippen molar-refractivity contribution in [2.24, 2.45) is 0 Å². The van der Waals surface area contributed by atoms with Gasteiger partial charge in [-0.3, -0.25) is 9.59 Å².